The first-order valence-electron chi connectivity index (χ1n) is 6.47. The van der Waals surface area contributed by atoms with Crippen molar-refractivity contribution < 1.29 is 4.74 Å². The molecule has 0 aliphatic rings. The fraction of sp³-hybridized carbons (Fsp3) is 0.769. The molecule has 0 fully saturated rings. The maximum atomic E-state index is 5.49. The summed E-state index contributed by atoms with van der Waals surface area (Å²) in [7, 11) is 1.97. The van der Waals surface area contributed by atoms with E-state index in [2.05, 4.69) is 37.4 Å². The van der Waals surface area contributed by atoms with Gasteiger partial charge in [-0.3, -0.25) is 4.68 Å². The summed E-state index contributed by atoms with van der Waals surface area (Å²) in [6, 6.07) is 0. The van der Waals surface area contributed by atoms with E-state index in [0.717, 1.165) is 32.5 Å². The Hall–Kier alpha value is -0.870. The van der Waals surface area contributed by atoms with Crippen molar-refractivity contribution in [1.82, 2.24) is 15.1 Å². The Morgan fingerprint density at radius 3 is 2.88 bits per heavy atom. The van der Waals surface area contributed by atoms with E-state index >= 15 is 0 Å². The lowest BCUT2D eigenvalue weighted by atomic mass is 10.2. The van der Waals surface area contributed by atoms with Gasteiger partial charge in [0.15, 0.2) is 0 Å². The van der Waals surface area contributed by atoms with Gasteiger partial charge in [0.2, 0.25) is 0 Å². The molecule has 0 spiro atoms. The van der Waals surface area contributed by atoms with E-state index in [0.29, 0.717) is 6.10 Å². The highest BCUT2D eigenvalue weighted by Crippen LogP contribution is 2.06. The number of nitrogens with zero attached hydrogens (tertiary/aromatic N) is 2. The third-order valence-electron chi connectivity index (χ3n) is 2.59. The van der Waals surface area contributed by atoms with Crippen molar-refractivity contribution in [2.75, 3.05) is 13.2 Å². The highest BCUT2D eigenvalue weighted by atomic mass is 16.5. The van der Waals surface area contributed by atoms with E-state index < -0.39 is 0 Å². The highest BCUT2D eigenvalue weighted by molar-refractivity contribution is 5.16. The zero-order chi connectivity index (χ0) is 12.7. The maximum Gasteiger partial charge on any atom is 0.0666 e. The van der Waals surface area contributed by atoms with Crippen molar-refractivity contribution in [1.29, 1.82) is 0 Å². The topological polar surface area (TPSA) is 39.1 Å². The summed E-state index contributed by atoms with van der Waals surface area (Å²) in [5, 5.41) is 7.85. The molecule has 0 bridgehead atoms. The number of hydrogen-bond acceptors (Lipinski definition) is 3. The summed E-state index contributed by atoms with van der Waals surface area (Å²) in [5.41, 5.74) is 2.50. The third-order valence-corrected chi connectivity index (χ3v) is 2.59. The largest absolute Gasteiger partial charge is 0.379 e. The number of hydrogen-bond donors (Lipinski definition) is 1. The molecule has 1 aromatic heterocycles. The van der Waals surface area contributed by atoms with Crippen LogP contribution in [0.1, 0.15) is 38.4 Å². The number of nitrogens with one attached hydrogen (secondary N) is 1. The molecule has 0 amide bonds. The molecule has 0 aromatic carbocycles. The van der Waals surface area contributed by atoms with Gasteiger partial charge in [-0.1, -0.05) is 6.92 Å². The van der Waals surface area contributed by atoms with Gasteiger partial charge in [-0.15, -0.1) is 0 Å². The summed E-state index contributed by atoms with van der Waals surface area (Å²) in [6.07, 6.45) is 4.48. The smallest absolute Gasteiger partial charge is 0.0666 e. The second-order valence-electron chi connectivity index (χ2n) is 4.58. The monoisotopic (exact) mass is 239 g/mol. The zero-order valence-electron chi connectivity index (χ0n) is 11.5. The van der Waals surface area contributed by atoms with E-state index in [1.54, 1.807) is 0 Å². The van der Waals surface area contributed by atoms with Crippen molar-refractivity contribution in [3.8, 4) is 0 Å². The first-order chi connectivity index (χ1) is 8.13. The molecule has 4 nitrogen and oxygen atoms in total. The van der Waals surface area contributed by atoms with Gasteiger partial charge in [0.25, 0.3) is 0 Å². The molecule has 4 heteroatoms. The van der Waals surface area contributed by atoms with Gasteiger partial charge in [0, 0.05) is 32.0 Å². The minimum atomic E-state index is 0.333. The summed E-state index contributed by atoms with van der Waals surface area (Å²) in [5.74, 6) is 0. The van der Waals surface area contributed by atoms with Crippen molar-refractivity contribution in [2.24, 2.45) is 7.05 Å². The van der Waals surface area contributed by atoms with Gasteiger partial charge in [-0.2, -0.15) is 5.10 Å². The van der Waals surface area contributed by atoms with Crippen LogP contribution < -0.4 is 5.32 Å². The van der Waals surface area contributed by atoms with Crippen LogP contribution in [0.15, 0.2) is 6.20 Å². The van der Waals surface area contributed by atoms with E-state index in [1.807, 2.05) is 11.7 Å². The van der Waals surface area contributed by atoms with Crippen LogP contribution in [0.3, 0.4) is 0 Å². The van der Waals surface area contributed by atoms with Gasteiger partial charge < -0.3 is 10.1 Å². The van der Waals surface area contributed by atoms with Crippen LogP contribution in [0.5, 0.6) is 0 Å². The van der Waals surface area contributed by atoms with Crippen molar-refractivity contribution in [3.05, 3.63) is 17.5 Å². The molecule has 0 radical (unpaired) electrons. The van der Waals surface area contributed by atoms with Crippen LogP contribution >= 0.6 is 0 Å². The lowest BCUT2D eigenvalue weighted by Gasteiger charge is -2.08. The van der Waals surface area contributed by atoms with E-state index in [-0.39, 0.29) is 0 Å². The number of rotatable bonds is 8. The Morgan fingerprint density at radius 1 is 1.47 bits per heavy atom. The second-order valence-corrected chi connectivity index (χ2v) is 4.58. The molecule has 1 rings (SSSR count). The Balaban J connectivity index is 2.17. The number of aromatic nitrogens is 2. The fourth-order valence-corrected chi connectivity index (χ4v) is 1.77. The summed E-state index contributed by atoms with van der Waals surface area (Å²) in [4.78, 5) is 0. The SMILES string of the molecule is CCc1nn(C)cc1CNCCCOC(C)C. The van der Waals surface area contributed by atoms with E-state index in [1.165, 1.54) is 11.3 Å². The molecule has 0 saturated carbocycles. The van der Waals surface area contributed by atoms with Crippen molar-refractivity contribution in [3.63, 3.8) is 0 Å². The van der Waals surface area contributed by atoms with Crippen LogP contribution in [-0.2, 0) is 24.8 Å². The third kappa shape index (κ3) is 5.33. The molecule has 1 heterocycles. The number of ether oxygens (including phenoxy) is 1. The Morgan fingerprint density at radius 2 is 2.24 bits per heavy atom. The standard InChI is InChI=1S/C13H25N3O/c1-5-13-12(10-16(4)15-13)9-14-7-6-8-17-11(2)3/h10-11,14H,5-9H2,1-4H3. The summed E-state index contributed by atoms with van der Waals surface area (Å²) in [6.45, 7) is 9.00. The first-order valence-corrected chi connectivity index (χ1v) is 6.47. The lowest BCUT2D eigenvalue weighted by Crippen LogP contribution is -2.17. The molecule has 0 unspecified atom stereocenters. The van der Waals surface area contributed by atoms with Gasteiger partial charge in [-0.25, -0.2) is 0 Å². The fourth-order valence-electron chi connectivity index (χ4n) is 1.77. The predicted molar refractivity (Wildman–Crippen MR) is 70.0 cm³/mol. The summed E-state index contributed by atoms with van der Waals surface area (Å²) >= 11 is 0. The molecule has 17 heavy (non-hydrogen) atoms. The van der Waals surface area contributed by atoms with E-state index in [9.17, 15) is 0 Å². The second kappa shape index (κ2) is 7.45. The van der Waals surface area contributed by atoms with Crippen LogP contribution in [-0.4, -0.2) is 29.0 Å². The molecule has 0 saturated heterocycles. The van der Waals surface area contributed by atoms with Gasteiger partial charge in [0.05, 0.1) is 11.8 Å². The summed E-state index contributed by atoms with van der Waals surface area (Å²) < 4.78 is 7.37. The molecule has 0 aliphatic heterocycles. The molecule has 0 aliphatic carbocycles. The van der Waals surface area contributed by atoms with Gasteiger partial charge >= 0.3 is 0 Å². The minimum Gasteiger partial charge on any atom is -0.379 e. The van der Waals surface area contributed by atoms with E-state index in [4.69, 9.17) is 4.74 Å². The minimum absolute atomic E-state index is 0.333. The average molecular weight is 239 g/mol. The normalized spacial score (nSPS) is 11.4. The lowest BCUT2D eigenvalue weighted by molar-refractivity contribution is 0.0770. The quantitative estimate of drug-likeness (QED) is 0.704. The number of aryl methyl sites for hydroxylation is 2. The molecular weight excluding hydrogens is 214 g/mol. The average Bonchev–Trinajstić information content (AvgIpc) is 2.63. The van der Waals surface area contributed by atoms with Crippen LogP contribution in [0.4, 0.5) is 0 Å². The molecule has 98 valence electrons. The molecule has 1 N–H and O–H groups in total. The Bertz CT molecular complexity index is 320. The van der Waals surface area contributed by atoms with Gasteiger partial charge in [-0.05, 0) is 33.2 Å². The van der Waals surface area contributed by atoms with Crippen LogP contribution in [0.2, 0.25) is 0 Å². The van der Waals surface area contributed by atoms with Gasteiger partial charge in [0.1, 0.15) is 0 Å². The van der Waals surface area contributed by atoms with Crippen LogP contribution in [0.25, 0.3) is 0 Å². The zero-order valence-corrected chi connectivity index (χ0v) is 11.5. The first kappa shape index (κ1) is 14.2. The maximum absolute atomic E-state index is 5.49. The highest BCUT2D eigenvalue weighted by Gasteiger charge is 2.04. The Kier molecular flexibility index (Phi) is 6.22. The predicted octanol–water partition coefficient (Wildman–Crippen LogP) is 1.89. The van der Waals surface area contributed by atoms with Crippen molar-refractivity contribution in [2.45, 2.75) is 46.3 Å². The molecule has 1 aromatic rings. The Labute approximate surface area is 104 Å². The molecule has 0 atom stereocenters. The molecular formula is C13H25N3O. The van der Waals surface area contributed by atoms with Crippen LogP contribution in [0, 0.1) is 0 Å². The van der Waals surface area contributed by atoms with Crippen molar-refractivity contribution >= 4 is 0 Å².